The van der Waals surface area contributed by atoms with E-state index in [1.165, 1.54) is 17.7 Å². The van der Waals surface area contributed by atoms with Gasteiger partial charge >= 0.3 is 0 Å². The van der Waals surface area contributed by atoms with Crippen LogP contribution in [0.5, 0.6) is 0 Å². The molecule has 124 valence electrons. The van der Waals surface area contributed by atoms with Crippen molar-refractivity contribution in [2.24, 2.45) is 11.3 Å². The maximum atomic E-state index is 13.1. The first-order valence-corrected chi connectivity index (χ1v) is 8.42. The molecule has 1 aromatic heterocycles. The molecule has 2 aromatic rings. The topological polar surface area (TPSA) is 33.2 Å². The Hall–Kier alpha value is -2.23. The zero-order valence-corrected chi connectivity index (χ0v) is 13.9. The summed E-state index contributed by atoms with van der Waals surface area (Å²) >= 11 is 0. The molecule has 2 unspecified atom stereocenters. The molecule has 0 bridgehead atoms. The molecule has 1 saturated heterocycles. The molecule has 2 aliphatic rings. The van der Waals surface area contributed by atoms with E-state index < -0.39 is 0 Å². The van der Waals surface area contributed by atoms with Gasteiger partial charge in [-0.3, -0.25) is 9.78 Å². The lowest BCUT2D eigenvalue weighted by Crippen LogP contribution is -2.49. The van der Waals surface area contributed by atoms with Crippen LogP contribution in [0.15, 0.2) is 48.8 Å². The second-order valence-electron chi connectivity index (χ2n) is 7.55. The van der Waals surface area contributed by atoms with Gasteiger partial charge in [-0.15, -0.1) is 0 Å². The number of benzene rings is 1. The third kappa shape index (κ3) is 2.41. The van der Waals surface area contributed by atoms with Gasteiger partial charge in [-0.05, 0) is 34.7 Å². The molecule has 4 rings (SSSR count). The Balaban J connectivity index is 1.43. The summed E-state index contributed by atoms with van der Waals surface area (Å²) in [6, 6.07) is 10.6. The average Bonchev–Trinajstić information content (AvgIpc) is 3.10. The fraction of sp³-hybridized carbons (Fsp3) is 0.400. The van der Waals surface area contributed by atoms with E-state index in [1.54, 1.807) is 6.20 Å². The number of carbonyl (C=O) groups is 1. The molecule has 24 heavy (non-hydrogen) atoms. The van der Waals surface area contributed by atoms with Gasteiger partial charge in [0.15, 0.2) is 0 Å². The summed E-state index contributed by atoms with van der Waals surface area (Å²) in [5.74, 6) is 0.575. The van der Waals surface area contributed by atoms with Crippen molar-refractivity contribution in [1.82, 2.24) is 9.88 Å². The van der Waals surface area contributed by atoms with Crippen LogP contribution in [0.1, 0.15) is 36.8 Å². The molecular weight excluding hydrogens is 303 g/mol. The summed E-state index contributed by atoms with van der Waals surface area (Å²) in [7, 11) is 0. The molecule has 1 aliphatic heterocycles. The lowest BCUT2D eigenvalue weighted by molar-refractivity contribution is -0.137. The molecular formula is C20H21FN2O. The minimum atomic E-state index is -0.234. The molecule has 1 aliphatic carbocycles. The van der Waals surface area contributed by atoms with Gasteiger partial charge in [-0.25, -0.2) is 4.39 Å². The van der Waals surface area contributed by atoms with Crippen molar-refractivity contribution >= 4 is 5.91 Å². The Bertz CT molecular complexity index is 751. The van der Waals surface area contributed by atoms with Crippen molar-refractivity contribution < 1.29 is 9.18 Å². The maximum Gasteiger partial charge on any atom is 0.226 e. The number of rotatable bonds is 3. The van der Waals surface area contributed by atoms with E-state index in [0.717, 1.165) is 18.7 Å². The number of nitrogens with zero attached hydrogens (tertiary/aromatic N) is 2. The number of hydrogen-bond donors (Lipinski definition) is 0. The van der Waals surface area contributed by atoms with E-state index in [-0.39, 0.29) is 29.0 Å². The van der Waals surface area contributed by atoms with Crippen molar-refractivity contribution in [2.75, 3.05) is 13.1 Å². The van der Waals surface area contributed by atoms with Crippen molar-refractivity contribution in [3.63, 3.8) is 0 Å². The van der Waals surface area contributed by atoms with Crippen LogP contribution in [0.3, 0.4) is 0 Å². The van der Waals surface area contributed by atoms with Gasteiger partial charge in [0.25, 0.3) is 0 Å². The molecule has 0 N–H and O–H groups in total. The van der Waals surface area contributed by atoms with Gasteiger partial charge in [0.2, 0.25) is 5.91 Å². The summed E-state index contributed by atoms with van der Waals surface area (Å²) in [6.07, 6.45) is 3.65. The number of hydrogen-bond acceptors (Lipinski definition) is 2. The Kier molecular flexibility index (Phi) is 3.44. The van der Waals surface area contributed by atoms with Gasteiger partial charge in [-0.2, -0.15) is 0 Å². The van der Waals surface area contributed by atoms with Crippen LogP contribution < -0.4 is 0 Å². The fourth-order valence-electron chi connectivity index (χ4n) is 4.07. The highest BCUT2D eigenvalue weighted by Gasteiger charge is 2.63. The number of pyridine rings is 1. The Morgan fingerprint density at radius 2 is 1.88 bits per heavy atom. The minimum Gasteiger partial charge on any atom is -0.341 e. The van der Waals surface area contributed by atoms with Crippen LogP contribution >= 0.6 is 0 Å². The third-order valence-electron chi connectivity index (χ3n) is 5.67. The lowest BCUT2D eigenvalue weighted by atomic mass is 9.92. The third-order valence-corrected chi connectivity index (χ3v) is 5.67. The molecule has 1 amide bonds. The van der Waals surface area contributed by atoms with E-state index in [4.69, 9.17) is 0 Å². The van der Waals surface area contributed by atoms with Crippen molar-refractivity contribution in [1.29, 1.82) is 0 Å². The zero-order valence-electron chi connectivity index (χ0n) is 13.9. The predicted octanol–water partition coefficient (Wildman–Crippen LogP) is 3.59. The van der Waals surface area contributed by atoms with E-state index in [0.29, 0.717) is 5.92 Å². The monoisotopic (exact) mass is 324 g/mol. The predicted molar refractivity (Wildman–Crippen MR) is 90.0 cm³/mol. The summed E-state index contributed by atoms with van der Waals surface area (Å²) in [6.45, 7) is 5.80. The molecule has 1 saturated carbocycles. The molecule has 0 spiro atoms. The molecule has 2 atom stereocenters. The molecule has 2 fully saturated rings. The first-order chi connectivity index (χ1) is 11.5. The van der Waals surface area contributed by atoms with Gasteiger partial charge in [0.1, 0.15) is 5.82 Å². The Morgan fingerprint density at radius 3 is 2.50 bits per heavy atom. The average molecular weight is 324 g/mol. The van der Waals surface area contributed by atoms with Crippen LogP contribution in [0.4, 0.5) is 4.39 Å². The van der Waals surface area contributed by atoms with Gasteiger partial charge < -0.3 is 4.90 Å². The maximum absolute atomic E-state index is 13.1. The van der Waals surface area contributed by atoms with E-state index in [1.807, 2.05) is 29.3 Å². The van der Waals surface area contributed by atoms with Crippen LogP contribution in [0, 0.1) is 17.2 Å². The minimum absolute atomic E-state index is 0.00203. The number of aromatic nitrogens is 1. The van der Waals surface area contributed by atoms with Gasteiger partial charge in [0, 0.05) is 37.3 Å². The highest BCUT2D eigenvalue weighted by atomic mass is 19.1. The lowest BCUT2D eigenvalue weighted by Gasteiger charge is -2.40. The zero-order chi connectivity index (χ0) is 16.9. The number of amides is 1. The smallest absolute Gasteiger partial charge is 0.226 e. The number of carbonyl (C=O) groups excluding carboxylic acids is 1. The summed E-state index contributed by atoms with van der Waals surface area (Å²) in [5, 5.41) is 0. The summed E-state index contributed by atoms with van der Waals surface area (Å²) in [5.41, 5.74) is 2.20. The first-order valence-electron chi connectivity index (χ1n) is 8.42. The quantitative estimate of drug-likeness (QED) is 0.864. The fourth-order valence-corrected chi connectivity index (χ4v) is 4.07. The number of likely N-dealkylation sites (tertiary alicyclic amines) is 1. The summed E-state index contributed by atoms with van der Waals surface area (Å²) in [4.78, 5) is 19.0. The van der Waals surface area contributed by atoms with Gasteiger partial charge in [-0.1, -0.05) is 32.0 Å². The van der Waals surface area contributed by atoms with E-state index >= 15 is 0 Å². The Labute approximate surface area is 141 Å². The second kappa shape index (κ2) is 5.40. The summed E-state index contributed by atoms with van der Waals surface area (Å²) < 4.78 is 13.1. The Morgan fingerprint density at radius 1 is 1.17 bits per heavy atom. The standard InChI is InChI=1S/C20H21FN2O/c1-20(2)17(13-5-7-16(21)8-6-13)18(20)19(24)23-11-15(12-23)14-4-3-9-22-10-14/h3-10,15,17-18H,11-12H2,1-2H3. The molecule has 3 nitrogen and oxygen atoms in total. The molecule has 1 aromatic carbocycles. The second-order valence-corrected chi connectivity index (χ2v) is 7.55. The first kappa shape index (κ1) is 15.3. The largest absolute Gasteiger partial charge is 0.341 e. The molecule has 4 heteroatoms. The highest BCUT2D eigenvalue weighted by Crippen LogP contribution is 2.65. The normalized spacial score (nSPS) is 25.2. The van der Waals surface area contributed by atoms with Gasteiger partial charge in [0.05, 0.1) is 5.92 Å². The van der Waals surface area contributed by atoms with Crippen LogP contribution in [-0.2, 0) is 4.79 Å². The SMILES string of the molecule is CC1(C)C(C(=O)N2CC(c3cccnc3)C2)C1c1ccc(F)cc1. The van der Waals surface area contributed by atoms with E-state index in [2.05, 4.69) is 24.9 Å². The van der Waals surface area contributed by atoms with Crippen molar-refractivity contribution in [2.45, 2.75) is 25.7 Å². The molecule has 0 radical (unpaired) electrons. The van der Waals surface area contributed by atoms with Crippen LogP contribution in [0.2, 0.25) is 0 Å². The highest BCUT2D eigenvalue weighted by molar-refractivity contribution is 5.85. The van der Waals surface area contributed by atoms with E-state index in [9.17, 15) is 9.18 Å². The van der Waals surface area contributed by atoms with Crippen molar-refractivity contribution in [3.8, 4) is 0 Å². The van der Waals surface area contributed by atoms with Crippen molar-refractivity contribution in [3.05, 3.63) is 65.7 Å². The van der Waals surface area contributed by atoms with Crippen LogP contribution in [-0.4, -0.2) is 28.9 Å². The molecule has 2 heterocycles. The van der Waals surface area contributed by atoms with Crippen LogP contribution in [0.25, 0.3) is 0 Å². The number of halogens is 1.